The second kappa shape index (κ2) is 17.8. The Hall–Kier alpha value is -5.83. The van der Waals surface area contributed by atoms with Crippen LogP contribution in [0.25, 0.3) is 0 Å². The smallest absolute Gasteiger partial charge is 0.414 e. The van der Waals surface area contributed by atoms with Gasteiger partial charge in [0.05, 0.1) is 73.4 Å². The molecule has 0 bridgehead atoms. The fourth-order valence-corrected chi connectivity index (χ4v) is 8.34. The van der Waals surface area contributed by atoms with Gasteiger partial charge in [0.2, 0.25) is 5.91 Å². The molecule has 17 nitrogen and oxygen atoms in total. The van der Waals surface area contributed by atoms with E-state index in [9.17, 15) is 31.6 Å². The third kappa shape index (κ3) is 9.78. The van der Waals surface area contributed by atoms with Gasteiger partial charge in [0, 0.05) is 83.3 Å². The van der Waals surface area contributed by atoms with Crippen LogP contribution in [0.4, 0.5) is 41.1 Å². The van der Waals surface area contributed by atoms with E-state index in [0.29, 0.717) is 73.8 Å². The number of benzene rings is 2. The number of amides is 3. The summed E-state index contributed by atoms with van der Waals surface area (Å²) in [5.74, 6) is -0.369. The normalized spacial score (nSPS) is 19.0. The van der Waals surface area contributed by atoms with E-state index in [1.807, 2.05) is 29.1 Å². The number of hydrogen-bond donors (Lipinski definition) is 2. The average molecular weight is 869 g/mol. The summed E-state index contributed by atoms with van der Waals surface area (Å²) in [6.45, 7) is 10.2. The number of allylic oxidation sites excluding steroid dienone is 1. The molecule has 60 heavy (non-hydrogen) atoms. The topological polar surface area (TPSA) is 176 Å². The van der Waals surface area contributed by atoms with E-state index in [0.717, 1.165) is 28.2 Å². The van der Waals surface area contributed by atoms with E-state index < -0.39 is 51.5 Å². The second-order valence-electron chi connectivity index (χ2n) is 15.0. The van der Waals surface area contributed by atoms with Gasteiger partial charge >= 0.3 is 12.2 Å². The first-order valence-electron chi connectivity index (χ1n) is 19.0. The zero-order valence-electron chi connectivity index (χ0n) is 33.6. The SMILES string of the molecule is C=C(C)NC[C@H]1CN(c2ccc(N3Cc4cn(CS(C)=O)nc4C3)c(F)c2)C(=O)O1.CC(=O)NC[C@H]1CN(c2ccc(N3Cc4cn(CS(C)=O)nc4C3)c(F)c2)C(=O)O1. The van der Waals surface area contributed by atoms with Crippen molar-refractivity contribution in [1.82, 2.24) is 30.2 Å². The van der Waals surface area contributed by atoms with Crippen molar-refractivity contribution in [3.63, 3.8) is 0 Å². The molecule has 0 saturated carbocycles. The highest BCUT2D eigenvalue weighted by atomic mass is 32.2. The highest BCUT2D eigenvalue weighted by Crippen LogP contribution is 2.34. The van der Waals surface area contributed by atoms with Crippen LogP contribution >= 0.6 is 0 Å². The molecule has 2 fully saturated rings. The fourth-order valence-electron chi connectivity index (χ4n) is 7.33. The number of nitrogens with zero attached hydrogens (tertiary/aromatic N) is 8. The quantitative estimate of drug-likeness (QED) is 0.200. The molecular formula is C39H46F2N10O7S2. The summed E-state index contributed by atoms with van der Waals surface area (Å²) in [5, 5.41) is 14.5. The maximum absolute atomic E-state index is 14.9. The standard InChI is InChI=1S/C20H24FN5O3S.C19H22FN5O4S/c1-13(2)22-7-16-10-26(20(27)29-16)15-4-5-19(17(21)6-15)24-8-14-9-25(12-30(3)28)23-18(14)11-24;1-12(26)21-6-15-9-25(19(27)29-15)14-3-4-18(16(20)5-14)23-7-13-8-24(11-30(2)28)22-17(13)10-23/h4-6,9,16,22H,1,7-8,10-12H2,2-3H3;3-5,8,15H,6-7,9-11H2,1-2H3,(H,21,26)/t16-,30?;15-,30?/m00/s1. The minimum atomic E-state index is -0.987. The number of fused-ring (bicyclic) bond motifs is 2. The van der Waals surface area contributed by atoms with E-state index in [1.165, 1.54) is 28.9 Å². The Morgan fingerprint density at radius 3 is 1.55 bits per heavy atom. The van der Waals surface area contributed by atoms with Crippen LogP contribution in [0, 0.1) is 11.6 Å². The van der Waals surface area contributed by atoms with Gasteiger partial charge in [-0.2, -0.15) is 10.2 Å². The van der Waals surface area contributed by atoms with Crippen molar-refractivity contribution < 1.29 is 41.1 Å². The zero-order valence-corrected chi connectivity index (χ0v) is 35.2. The van der Waals surface area contributed by atoms with Gasteiger partial charge in [-0.25, -0.2) is 18.4 Å². The summed E-state index contributed by atoms with van der Waals surface area (Å²) in [5.41, 5.74) is 6.22. The largest absolute Gasteiger partial charge is 0.442 e. The van der Waals surface area contributed by atoms with Gasteiger partial charge in [-0.05, 0) is 43.3 Å². The number of carbonyl (C=O) groups excluding carboxylic acids is 3. The number of cyclic esters (lactones) is 2. The number of hydrogen-bond acceptors (Lipinski definition) is 12. The van der Waals surface area contributed by atoms with E-state index in [1.54, 1.807) is 46.1 Å². The monoisotopic (exact) mass is 868 g/mol. The molecule has 2 aromatic heterocycles. The molecule has 2 aromatic carbocycles. The number of halogens is 2. The summed E-state index contributed by atoms with van der Waals surface area (Å²) in [6.07, 6.45) is 5.11. The van der Waals surface area contributed by atoms with E-state index in [2.05, 4.69) is 27.4 Å². The second-order valence-corrected chi connectivity index (χ2v) is 17.8. The lowest BCUT2D eigenvalue weighted by atomic mass is 10.2. The van der Waals surface area contributed by atoms with Crippen LogP contribution in [0.1, 0.15) is 36.4 Å². The average Bonchev–Trinajstić information content (AvgIpc) is 4.02. The van der Waals surface area contributed by atoms with Crippen molar-refractivity contribution in [2.75, 3.05) is 58.3 Å². The number of carbonyl (C=O) groups is 3. The molecule has 2 saturated heterocycles. The van der Waals surface area contributed by atoms with E-state index in [-0.39, 0.29) is 25.1 Å². The predicted molar refractivity (Wildman–Crippen MR) is 222 cm³/mol. The minimum absolute atomic E-state index is 0.207. The van der Waals surface area contributed by atoms with Crippen LogP contribution in [-0.4, -0.2) is 97.0 Å². The lowest BCUT2D eigenvalue weighted by Gasteiger charge is -2.21. The summed E-state index contributed by atoms with van der Waals surface area (Å²) < 4.78 is 66.4. The van der Waals surface area contributed by atoms with Crippen LogP contribution in [-0.2, 0) is 73.8 Å². The molecule has 0 radical (unpaired) electrons. The molecule has 4 aliphatic rings. The van der Waals surface area contributed by atoms with Crippen LogP contribution in [0.5, 0.6) is 0 Å². The summed E-state index contributed by atoms with van der Waals surface area (Å²) in [4.78, 5) is 41.9. The van der Waals surface area contributed by atoms with Gasteiger partial charge in [0.15, 0.2) is 0 Å². The molecule has 0 aliphatic carbocycles. The first-order valence-corrected chi connectivity index (χ1v) is 22.4. The first-order chi connectivity index (χ1) is 28.6. The summed E-state index contributed by atoms with van der Waals surface area (Å²) >= 11 is 0. The number of ether oxygens (including phenoxy) is 2. The number of nitrogens with one attached hydrogen (secondary N) is 2. The molecule has 8 rings (SSSR count). The third-order valence-corrected chi connectivity index (χ3v) is 11.3. The summed E-state index contributed by atoms with van der Waals surface area (Å²) in [7, 11) is -1.96. The van der Waals surface area contributed by atoms with Crippen molar-refractivity contribution >= 4 is 62.4 Å². The van der Waals surface area contributed by atoms with Gasteiger partial charge < -0.3 is 29.9 Å². The maximum atomic E-state index is 14.9. The molecular weight excluding hydrogens is 823 g/mol. The van der Waals surface area contributed by atoms with Gasteiger partial charge in [-0.3, -0.25) is 32.4 Å². The maximum Gasteiger partial charge on any atom is 0.414 e. The van der Waals surface area contributed by atoms with Crippen molar-refractivity contribution in [2.45, 2.75) is 64.0 Å². The van der Waals surface area contributed by atoms with E-state index in [4.69, 9.17) is 9.47 Å². The predicted octanol–water partition coefficient (Wildman–Crippen LogP) is 3.67. The molecule has 6 heterocycles. The third-order valence-electron chi connectivity index (χ3n) is 10.0. The molecule has 4 aromatic rings. The molecule has 3 amide bonds. The first kappa shape index (κ1) is 42.3. The molecule has 4 aliphatic heterocycles. The van der Waals surface area contributed by atoms with Gasteiger partial charge in [0.25, 0.3) is 0 Å². The van der Waals surface area contributed by atoms with Crippen molar-refractivity contribution in [1.29, 1.82) is 0 Å². The molecule has 2 N–H and O–H groups in total. The summed E-state index contributed by atoms with van der Waals surface area (Å²) in [6, 6.07) is 9.40. The van der Waals surface area contributed by atoms with Crippen LogP contribution < -0.4 is 30.2 Å². The number of anilines is 4. The van der Waals surface area contributed by atoms with Gasteiger partial charge in [0.1, 0.15) is 35.6 Å². The minimum Gasteiger partial charge on any atom is -0.442 e. The van der Waals surface area contributed by atoms with Gasteiger partial charge in [-0.15, -0.1) is 0 Å². The van der Waals surface area contributed by atoms with Crippen molar-refractivity contribution in [3.05, 3.63) is 95.2 Å². The Bertz CT molecular complexity index is 2170. The lowest BCUT2D eigenvalue weighted by Crippen LogP contribution is -2.33. The zero-order chi connectivity index (χ0) is 42.8. The highest BCUT2D eigenvalue weighted by molar-refractivity contribution is 7.83. The van der Waals surface area contributed by atoms with Gasteiger partial charge in [-0.1, -0.05) is 6.58 Å². The Labute approximate surface area is 350 Å². The fraction of sp³-hybridized carbons (Fsp3) is 0.410. The number of rotatable bonds is 13. The highest BCUT2D eigenvalue weighted by Gasteiger charge is 2.35. The van der Waals surface area contributed by atoms with E-state index >= 15 is 0 Å². The lowest BCUT2D eigenvalue weighted by molar-refractivity contribution is -0.119. The molecule has 0 spiro atoms. The molecule has 4 atom stereocenters. The Kier molecular flexibility index (Phi) is 12.5. The van der Waals surface area contributed by atoms with Crippen LogP contribution in [0.2, 0.25) is 0 Å². The van der Waals surface area contributed by atoms with Crippen LogP contribution in [0.15, 0.2) is 61.1 Å². The number of aromatic nitrogens is 4. The Balaban J connectivity index is 0.000000181. The molecule has 320 valence electrons. The molecule has 21 heteroatoms. The molecule has 2 unspecified atom stereocenters. The van der Waals surface area contributed by atoms with Crippen molar-refractivity contribution in [3.8, 4) is 0 Å². The Morgan fingerprint density at radius 2 is 1.18 bits per heavy atom. The Morgan fingerprint density at radius 1 is 0.750 bits per heavy atom. The van der Waals surface area contributed by atoms with Crippen molar-refractivity contribution in [2.24, 2.45) is 0 Å². The van der Waals surface area contributed by atoms with Crippen LogP contribution in [0.3, 0.4) is 0 Å².